The fourth-order valence-corrected chi connectivity index (χ4v) is 2.36. The van der Waals surface area contributed by atoms with Crippen molar-refractivity contribution in [3.63, 3.8) is 0 Å². The lowest BCUT2D eigenvalue weighted by atomic mass is 10.1. The maximum absolute atomic E-state index is 11.8. The highest BCUT2D eigenvalue weighted by Gasteiger charge is 2.35. The topological polar surface area (TPSA) is 38.8 Å². The highest BCUT2D eigenvalue weighted by molar-refractivity contribution is 14.1. The molecule has 0 radical (unpaired) electrons. The standard InChI is InChI=1S/C14H17ClINO3/c1-14(2,3)20-13(18)17-7-10(8-17)19-12-6-9(15)4-5-11(12)16/h4-6,10H,7-8H2,1-3H3. The molecule has 0 aromatic heterocycles. The number of rotatable bonds is 2. The van der Waals surface area contributed by atoms with Gasteiger partial charge in [0.2, 0.25) is 0 Å². The normalized spacial score (nSPS) is 15.8. The summed E-state index contributed by atoms with van der Waals surface area (Å²) in [6.07, 6.45) is -0.298. The zero-order valence-corrected chi connectivity index (χ0v) is 14.6. The molecule has 4 nitrogen and oxygen atoms in total. The average molecular weight is 410 g/mol. The number of nitrogens with zero attached hydrogens (tertiary/aromatic N) is 1. The van der Waals surface area contributed by atoms with E-state index < -0.39 is 5.60 Å². The third-order valence-electron chi connectivity index (χ3n) is 2.69. The SMILES string of the molecule is CC(C)(C)OC(=O)N1CC(Oc2cc(Cl)ccc2I)C1. The van der Waals surface area contributed by atoms with Crippen molar-refractivity contribution in [1.82, 2.24) is 4.90 Å². The third-order valence-corrected chi connectivity index (χ3v) is 3.81. The van der Waals surface area contributed by atoms with Crippen LogP contribution in [0, 0.1) is 3.57 Å². The molecule has 2 rings (SSSR count). The minimum Gasteiger partial charge on any atom is -0.486 e. The first-order chi connectivity index (χ1) is 9.24. The largest absolute Gasteiger partial charge is 0.486 e. The summed E-state index contributed by atoms with van der Waals surface area (Å²) in [5, 5.41) is 0.642. The molecule has 0 atom stereocenters. The van der Waals surface area contributed by atoms with Gasteiger partial charge < -0.3 is 14.4 Å². The number of halogens is 2. The summed E-state index contributed by atoms with van der Waals surface area (Å²) in [5.74, 6) is 0.756. The zero-order valence-electron chi connectivity index (χ0n) is 11.7. The molecular weight excluding hydrogens is 393 g/mol. The van der Waals surface area contributed by atoms with Gasteiger partial charge in [-0.3, -0.25) is 0 Å². The molecule has 1 aromatic carbocycles. The first kappa shape index (κ1) is 15.7. The Kier molecular flexibility index (Phi) is 4.69. The number of hydrogen-bond acceptors (Lipinski definition) is 3. The summed E-state index contributed by atoms with van der Waals surface area (Å²) in [6, 6.07) is 5.52. The van der Waals surface area contributed by atoms with Gasteiger partial charge in [0, 0.05) is 5.02 Å². The van der Waals surface area contributed by atoms with E-state index >= 15 is 0 Å². The van der Waals surface area contributed by atoms with E-state index in [1.54, 1.807) is 11.0 Å². The summed E-state index contributed by atoms with van der Waals surface area (Å²) < 4.78 is 12.1. The van der Waals surface area contributed by atoms with Crippen LogP contribution in [0.5, 0.6) is 5.75 Å². The molecule has 110 valence electrons. The summed E-state index contributed by atoms with van der Waals surface area (Å²) in [7, 11) is 0. The van der Waals surface area contributed by atoms with Crippen molar-refractivity contribution in [2.45, 2.75) is 32.5 Å². The molecule has 0 unspecified atom stereocenters. The smallest absolute Gasteiger partial charge is 0.410 e. The van der Waals surface area contributed by atoms with E-state index in [1.807, 2.05) is 32.9 Å². The van der Waals surface area contributed by atoms with E-state index in [0.29, 0.717) is 18.1 Å². The van der Waals surface area contributed by atoms with Crippen molar-refractivity contribution in [2.24, 2.45) is 0 Å². The van der Waals surface area contributed by atoms with Gasteiger partial charge in [-0.25, -0.2) is 4.79 Å². The number of amides is 1. The summed E-state index contributed by atoms with van der Waals surface area (Å²) in [4.78, 5) is 13.4. The number of carbonyl (C=O) groups is 1. The first-order valence-electron chi connectivity index (χ1n) is 6.34. The lowest BCUT2D eigenvalue weighted by Gasteiger charge is -2.39. The van der Waals surface area contributed by atoms with Crippen molar-refractivity contribution < 1.29 is 14.3 Å². The predicted molar refractivity (Wildman–Crippen MR) is 86.4 cm³/mol. The van der Waals surface area contributed by atoms with Crippen LogP contribution in [0.25, 0.3) is 0 Å². The lowest BCUT2D eigenvalue weighted by Crippen LogP contribution is -2.57. The molecule has 1 heterocycles. The third kappa shape index (κ3) is 4.15. The van der Waals surface area contributed by atoms with Crippen molar-refractivity contribution in [3.8, 4) is 5.75 Å². The maximum Gasteiger partial charge on any atom is 0.410 e. The quantitative estimate of drug-likeness (QED) is 0.695. The minimum atomic E-state index is -0.467. The van der Waals surface area contributed by atoms with Crippen LogP contribution in [0.3, 0.4) is 0 Å². The molecular formula is C14H17ClINO3. The second-order valence-corrected chi connectivity index (χ2v) is 7.30. The average Bonchev–Trinajstić information content (AvgIpc) is 2.24. The lowest BCUT2D eigenvalue weighted by molar-refractivity contribution is -0.0223. The van der Waals surface area contributed by atoms with Crippen LogP contribution < -0.4 is 4.74 Å². The van der Waals surface area contributed by atoms with E-state index in [4.69, 9.17) is 21.1 Å². The van der Waals surface area contributed by atoms with E-state index in [1.165, 1.54) is 0 Å². The van der Waals surface area contributed by atoms with Crippen LogP contribution >= 0.6 is 34.2 Å². The molecule has 0 aliphatic carbocycles. The second-order valence-electron chi connectivity index (χ2n) is 5.70. The van der Waals surface area contributed by atoms with Crippen molar-refractivity contribution >= 4 is 40.3 Å². The fraction of sp³-hybridized carbons (Fsp3) is 0.500. The van der Waals surface area contributed by atoms with Crippen LogP contribution in [0.4, 0.5) is 4.79 Å². The second kappa shape index (κ2) is 5.97. The highest BCUT2D eigenvalue weighted by atomic mass is 127. The molecule has 1 aliphatic heterocycles. The van der Waals surface area contributed by atoms with E-state index in [0.717, 1.165) is 9.32 Å². The van der Waals surface area contributed by atoms with Crippen molar-refractivity contribution in [1.29, 1.82) is 0 Å². The van der Waals surface area contributed by atoms with Gasteiger partial charge in [0.1, 0.15) is 17.5 Å². The molecule has 0 N–H and O–H groups in total. The molecule has 1 fully saturated rings. The molecule has 1 aromatic rings. The molecule has 0 saturated carbocycles. The number of likely N-dealkylation sites (tertiary alicyclic amines) is 1. The van der Waals surface area contributed by atoms with Gasteiger partial charge in [0.25, 0.3) is 0 Å². The van der Waals surface area contributed by atoms with Crippen molar-refractivity contribution in [2.75, 3.05) is 13.1 Å². The minimum absolute atomic E-state index is 0.00509. The molecule has 20 heavy (non-hydrogen) atoms. The summed E-state index contributed by atoms with van der Waals surface area (Å²) in [6.45, 7) is 6.64. The Morgan fingerprint density at radius 1 is 1.40 bits per heavy atom. The Bertz CT molecular complexity index is 510. The Morgan fingerprint density at radius 2 is 2.05 bits per heavy atom. The fourth-order valence-electron chi connectivity index (χ4n) is 1.74. The maximum atomic E-state index is 11.8. The van der Waals surface area contributed by atoms with E-state index in [-0.39, 0.29) is 12.2 Å². The predicted octanol–water partition coefficient (Wildman–Crippen LogP) is 3.94. The van der Waals surface area contributed by atoms with Gasteiger partial charge in [0.05, 0.1) is 16.7 Å². The molecule has 0 bridgehead atoms. The number of carbonyl (C=O) groups excluding carboxylic acids is 1. The van der Waals surface area contributed by atoms with Gasteiger partial charge in [-0.15, -0.1) is 0 Å². The molecule has 1 amide bonds. The zero-order chi connectivity index (χ0) is 14.9. The Labute approximate surface area is 137 Å². The van der Waals surface area contributed by atoms with Crippen LogP contribution in [-0.4, -0.2) is 35.8 Å². The van der Waals surface area contributed by atoms with E-state index in [9.17, 15) is 4.79 Å². The molecule has 1 aliphatic rings. The monoisotopic (exact) mass is 409 g/mol. The van der Waals surface area contributed by atoms with Crippen LogP contribution in [0.1, 0.15) is 20.8 Å². The Morgan fingerprint density at radius 3 is 2.65 bits per heavy atom. The van der Waals surface area contributed by atoms with Crippen molar-refractivity contribution in [3.05, 3.63) is 26.8 Å². The van der Waals surface area contributed by atoms with Gasteiger partial charge in [-0.1, -0.05) is 11.6 Å². The number of benzene rings is 1. The molecule has 1 saturated heterocycles. The number of hydrogen-bond donors (Lipinski definition) is 0. The van der Waals surface area contributed by atoms with Crippen LogP contribution in [0.2, 0.25) is 5.02 Å². The first-order valence-corrected chi connectivity index (χ1v) is 7.80. The molecule has 6 heteroatoms. The Balaban J connectivity index is 1.85. The number of ether oxygens (including phenoxy) is 2. The molecule has 0 spiro atoms. The summed E-state index contributed by atoms with van der Waals surface area (Å²) >= 11 is 8.14. The van der Waals surface area contributed by atoms with Gasteiger partial charge >= 0.3 is 6.09 Å². The highest BCUT2D eigenvalue weighted by Crippen LogP contribution is 2.27. The van der Waals surface area contributed by atoms with Gasteiger partial charge in [0.15, 0.2) is 0 Å². The van der Waals surface area contributed by atoms with Gasteiger partial charge in [-0.2, -0.15) is 0 Å². The van der Waals surface area contributed by atoms with E-state index in [2.05, 4.69) is 22.6 Å². The Hall–Kier alpha value is -0.690. The van der Waals surface area contributed by atoms with Crippen LogP contribution in [0.15, 0.2) is 18.2 Å². The van der Waals surface area contributed by atoms with Crippen LogP contribution in [-0.2, 0) is 4.74 Å². The van der Waals surface area contributed by atoms with Gasteiger partial charge in [-0.05, 0) is 61.6 Å². The summed E-state index contributed by atoms with van der Waals surface area (Å²) in [5.41, 5.74) is -0.467.